The summed E-state index contributed by atoms with van der Waals surface area (Å²) in [6.07, 6.45) is 1.05. The van der Waals surface area contributed by atoms with E-state index < -0.39 is 0 Å². The van der Waals surface area contributed by atoms with E-state index in [2.05, 4.69) is 24.5 Å². The van der Waals surface area contributed by atoms with Gasteiger partial charge in [-0.05, 0) is 50.5 Å². The Hall–Kier alpha value is -2.69. The van der Waals surface area contributed by atoms with E-state index >= 15 is 0 Å². The van der Waals surface area contributed by atoms with Gasteiger partial charge in [0, 0.05) is 11.8 Å². The molecule has 5 heteroatoms. The molecule has 0 aliphatic rings. The lowest BCUT2D eigenvalue weighted by molar-refractivity contribution is -0.114. The van der Waals surface area contributed by atoms with Crippen molar-refractivity contribution in [3.05, 3.63) is 48.5 Å². The summed E-state index contributed by atoms with van der Waals surface area (Å²) in [4.78, 5) is 12.3. The van der Waals surface area contributed by atoms with Crippen LogP contribution >= 0.6 is 0 Å². The molecule has 0 bridgehead atoms. The molecule has 2 rings (SSSR count). The second kappa shape index (κ2) is 10.5. The predicted molar refractivity (Wildman–Crippen MR) is 111 cm³/mol. The standard InChI is InChI=1S/C22H30N2O3/c1-16(2)12-13-26-19-9-7-8-18(14-19)23-15-22(25)24-20-10-5-6-11-21(20)27-17(3)4/h5-11,14,16-17,23H,12-13,15H2,1-4H3,(H,24,25). The Kier molecular flexibility index (Phi) is 7.99. The summed E-state index contributed by atoms with van der Waals surface area (Å²) < 4.78 is 11.5. The van der Waals surface area contributed by atoms with Gasteiger partial charge in [-0.15, -0.1) is 0 Å². The molecule has 2 aromatic rings. The molecule has 0 heterocycles. The summed E-state index contributed by atoms with van der Waals surface area (Å²) >= 11 is 0. The van der Waals surface area contributed by atoms with Crippen LogP contribution < -0.4 is 20.1 Å². The zero-order valence-electron chi connectivity index (χ0n) is 16.6. The largest absolute Gasteiger partial charge is 0.494 e. The van der Waals surface area contributed by atoms with Gasteiger partial charge in [-0.3, -0.25) is 4.79 Å². The van der Waals surface area contributed by atoms with E-state index in [1.165, 1.54) is 0 Å². The highest BCUT2D eigenvalue weighted by atomic mass is 16.5. The minimum Gasteiger partial charge on any atom is -0.494 e. The third-order valence-corrected chi connectivity index (χ3v) is 3.77. The van der Waals surface area contributed by atoms with Crippen molar-refractivity contribution in [1.82, 2.24) is 0 Å². The molecule has 0 saturated heterocycles. The fraction of sp³-hybridized carbons (Fsp3) is 0.409. The first-order valence-corrected chi connectivity index (χ1v) is 9.46. The van der Waals surface area contributed by atoms with Crippen LogP contribution in [0, 0.1) is 5.92 Å². The quantitative estimate of drug-likeness (QED) is 0.621. The van der Waals surface area contributed by atoms with Gasteiger partial charge in [0.25, 0.3) is 0 Å². The first-order chi connectivity index (χ1) is 12.9. The Morgan fingerprint density at radius 1 is 1.04 bits per heavy atom. The van der Waals surface area contributed by atoms with Crippen LogP contribution in [0.25, 0.3) is 0 Å². The van der Waals surface area contributed by atoms with Crippen LogP contribution in [0.3, 0.4) is 0 Å². The predicted octanol–water partition coefficient (Wildman–Crippen LogP) is 4.95. The summed E-state index contributed by atoms with van der Waals surface area (Å²) in [5.41, 5.74) is 1.52. The zero-order chi connectivity index (χ0) is 19.6. The van der Waals surface area contributed by atoms with Crippen LogP contribution in [0.5, 0.6) is 11.5 Å². The van der Waals surface area contributed by atoms with Crippen molar-refractivity contribution in [2.24, 2.45) is 5.92 Å². The zero-order valence-corrected chi connectivity index (χ0v) is 16.6. The van der Waals surface area contributed by atoms with E-state index in [9.17, 15) is 4.79 Å². The molecule has 0 radical (unpaired) electrons. The van der Waals surface area contributed by atoms with E-state index in [1.54, 1.807) is 0 Å². The Morgan fingerprint density at radius 2 is 1.81 bits per heavy atom. The van der Waals surface area contributed by atoms with Crippen molar-refractivity contribution in [2.45, 2.75) is 40.2 Å². The summed E-state index contributed by atoms with van der Waals surface area (Å²) in [6.45, 7) is 9.10. The molecule has 0 unspecified atom stereocenters. The number of hydrogen-bond acceptors (Lipinski definition) is 4. The summed E-state index contributed by atoms with van der Waals surface area (Å²) in [5.74, 6) is 1.94. The first-order valence-electron chi connectivity index (χ1n) is 9.46. The molecule has 2 N–H and O–H groups in total. The van der Waals surface area contributed by atoms with E-state index in [0.29, 0.717) is 24.0 Å². The number of anilines is 2. The summed E-state index contributed by atoms with van der Waals surface area (Å²) in [6, 6.07) is 15.1. The van der Waals surface area contributed by atoms with E-state index in [-0.39, 0.29) is 18.6 Å². The van der Waals surface area contributed by atoms with Crippen molar-refractivity contribution in [1.29, 1.82) is 0 Å². The number of rotatable bonds is 10. The molecule has 5 nitrogen and oxygen atoms in total. The lowest BCUT2D eigenvalue weighted by Crippen LogP contribution is -2.22. The number of hydrogen-bond donors (Lipinski definition) is 2. The summed E-state index contributed by atoms with van der Waals surface area (Å²) in [7, 11) is 0. The van der Waals surface area contributed by atoms with Crippen LogP contribution in [-0.4, -0.2) is 25.2 Å². The van der Waals surface area contributed by atoms with Gasteiger partial charge in [0.1, 0.15) is 11.5 Å². The maximum absolute atomic E-state index is 12.3. The van der Waals surface area contributed by atoms with Crippen LogP contribution in [0.2, 0.25) is 0 Å². The summed E-state index contributed by atoms with van der Waals surface area (Å²) in [5, 5.41) is 6.02. The lowest BCUT2D eigenvalue weighted by Gasteiger charge is -2.15. The van der Waals surface area contributed by atoms with Gasteiger partial charge in [0.2, 0.25) is 5.91 Å². The molecule has 0 aliphatic heterocycles. The SMILES string of the molecule is CC(C)CCOc1cccc(NCC(=O)Nc2ccccc2OC(C)C)c1. The lowest BCUT2D eigenvalue weighted by atomic mass is 10.1. The van der Waals surface area contributed by atoms with Gasteiger partial charge in [0.15, 0.2) is 0 Å². The molecular formula is C22H30N2O3. The Bertz CT molecular complexity index is 729. The molecule has 0 fully saturated rings. The second-order valence-corrected chi connectivity index (χ2v) is 7.12. The van der Waals surface area contributed by atoms with E-state index in [1.807, 2.05) is 62.4 Å². The number of benzene rings is 2. The van der Waals surface area contributed by atoms with Crippen LogP contribution in [0.15, 0.2) is 48.5 Å². The maximum Gasteiger partial charge on any atom is 0.243 e. The highest BCUT2D eigenvalue weighted by Gasteiger charge is 2.09. The molecule has 0 spiro atoms. The van der Waals surface area contributed by atoms with Gasteiger partial charge >= 0.3 is 0 Å². The Labute approximate surface area is 162 Å². The minimum atomic E-state index is -0.138. The molecule has 1 amide bonds. The van der Waals surface area contributed by atoms with Crippen LogP contribution in [0.4, 0.5) is 11.4 Å². The topological polar surface area (TPSA) is 59.6 Å². The fourth-order valence-electron chi connectivity index (χ4n) is 2.41. The molecule has 27 heavy (non-hydrogen) atoms. The monoisotopic (exact) mass is 370 g/mol. The van der Waals surface area contributed by atoms with Crippen LogP contribution in [0.1, 0.15) is 34.1 Å². The molecule has 0 aliphatic carbocycles. The Balaban J connectivity index is 1.87. The van der Waals surface area contributed by atoms with Crippen molar-refractivity contribution in [3.63, 3.8) is 0 Å². The number of carbonyl (C=O) groups is 1. The average Bonchev–Trinajstić information content (AvgIpc) is 2.61. The van der Waals surface area contributed by atoms with Crippen LogP contribution in [-0.2, 0) is 4.79 Å². The van der Waals surface area contributed by atoms with Crippen molar-refractivity contribution >= 4 is 17.3 Å². The number of nitrogens with one attached hydrogen (secondary N) is 2. The van der Waals surface area contributed by atoms with Gasteiger partial charge in [0.05, 0.1) is 24.9 Å². The van der Waals surface area contributed by atoms with Gasteiger partial charge in [-0.2, -0.15) is 0 Å². The smallest absolute Gasteiger partial charge is 0.243 e. The highest BCUT2D eigenvalue weighted by Crippen LogP contribution is 2.25. The molecular weight excluding hydrogens is 340 g/mol. The van der Waals surface area contributed by atoms with Gasteiger partial charge in [-0.1, -0.05) is 32.0 Å². The third-order valence-electron chi connectivity index (χ3n) is 3.77. The van der Waals surface area contributed by atoms with E-state index in [0.717, 1.165) is 17.9 Å². The third kappa shape index (κ3) is 7.60. The number of carbonyl (C=O) groups excluding carboxylic acids is 1. The number of ether oxygens (including phenoxy) is 2. The van der Waals surface area contributed by atoms with Crippen molar-refractivity contribution in [3.8, 4) is 11.5 Å². The van der Waals surface area contributed by atoms with Gasteiger partial charge in [-0.25, -0.2) is 0 Å². The second-order valence-electron chi connectivity index (χ2n) is 7.12. The molecule has 146 valence electrons. The molecule has 0 atom stereocenters. The highest BCUT2D eigenvalue weighted by molar-refractivity contribution is 5.95. The van der Waals surface area contributed by atoms with Crippen molar-refractivity contribution in [2.75, 3.05) is 23.8 Å². The fourth-order valence-corrected chi connectivity index (χ4v) is 2.41. The number of para-hydroxylation sites is 2. The first kappa shape index (κ1) is 20.6. The maximum atomic E-state index is 12.3. The Morgan fingerprint density at radius 3 is 2.56 bits per heavy atom. The number of amides is 1. The normalized spacial score (nSPS) is 10.7. The molecule has 0 saturated carbocycles. The van der Waals surface area contributed by atoms with Gasteiger partial charge < -0.3 is 20.1 Å². The molecule has 2 aromatic carbocycles. The molecule has 0 aromatic heterocycles. The minimum absolute atomic E-state index is 0.0413. The van der Waals surface area contributed by atoms with E-state index in [4.69, 9.17) is 9.47 Å². The average molecular weight is 370 g/mol. The van der Waals surface area contributed by atoms with Crippen molar-refractivity contribution < 1.29 is 14.3 Å².